The molecule has 3 N–H and O–H groups in total. The number of nitrogens with one attached hydrogen (secondary N) is 3. The number of aromatic amines is 1. The lowest BCUT2D eigenvalue weighted by atomic mass is 9.53. The summed E-state index contributed by atoms with van der Waals surface area (Å²) in [5.41, 5.74) is 0.0555. The van der Waals surface area contributed by atoms with Crippen LogP contribution in [-0.4, -0.2) is 26.8 Å². The van der Waals surface area contributed by atoms with E-state index in [4.69, 9.17) is 0 Å². The minimum absolute atomic E-state index is 0.0555. The van der Waals surface area contributed by atoms with Crippen LogP contribution in [-0.2, 0) is 0 Å². The molecule has 4 saturated carbocycles. The number of hydrogen-bond acceptors (Lipinski definition) is 3. The molecule has 1 unspecified atom stereocenters. The molecule has 4 fully saturated rings. The van der Waals surface area contributed by atoms with Gasteiger partial charge in [-0.3, -0.25) is 5.10 Å². The van der Waals surface area contributed by atoms with E-state index in [1.807, 2.05) is 6.92 Å². The number of amides is 2. The first-order chi connectivity index (χ1) is 10.1. The summed E-state index contributed by atoms with van der Waals surface area (Å²) >= 11 is 0. The molecule has 4 bridgehead atoms. The van der Waals surface area contributed by atoms with Gasteiger partial charge in [0.2, 0.25) is 0 Å². The van der Waals surface area contributed by atoms with Crippen molar-refractivity contribution >= 4 is 6.03 Å². The summed E-state index contributed by atoms with van der Waals surface area (Å²) in [7, 11) is 0. The topological polar surface area (TPSA) is 82.7 Å². The van der Waals surface area contributed by atoms with Crippen LogP contribution >= 0.6 is 0 Å². The fourth-order valence-electron chi connectivity index (χ4n) is 5.23. The van der Waals surface area contributed by atoms with Gasteiger partial charge in [0.1, 0.15) is 12.2 Å². The van der Waals surface area contributed by atoms with Crippen LogP contribution in [0.25, 0.3) is 0 Å². The molecule has 114 valence electrons. The number of hydrogen-bond donors (Lipinski definition) is 3. The second kappa shape index (κ2) is 4.71. The quantitative estimate of drug-likeness (QED) is 0.797. The summed E-state index contributed by atoms with van der Waals surface area (Å²) in [5.74, 6) is 3.20. The minimum Gasteiger partial charge on any atom is -0.333 e. The summed E-state index contributed by atoms with van der Waals surface area (Å²) < 4.78 is 0. The van der Waals surface area contributed by atoms with Crippen molar-refractivity contribution in [3.8, 4) is 0 Å². The minimum atomic E-state index is -0.151. The largest absolute Gasteiger partial charge is 0.333 e. The molecule has 0 aromatic carbocycles. The molecule has 6 nitrogen and oxygen atoms in total. The highest BCUT2D eigenvalue weighted by Crippen LogP contribution is 2.55. The Morgan fingerprint density at radius 1 is 1.29 bits per heavy atom. The Morgan fingerprint density at radius 3 is 2.43 bits per heavy atom. The zero-order valence-corrected chi connectivity index (χ0v) is 12.4. The van der Waals surface area contributed by atoms with Crippen LogP contribution < -0.4 is 10.6 Å². The van der Waals surface area contributed by atoms with Crippen molar-refractivity contribution in [2.24, 2.45) is 17.8 Å². The number of urea groups is 1. The van der Waals surface area contributed by atoms with Gasteiger partial charge in [0.25, 0.3) is 0 Å². The highest BCUT2D eigenvalue weighted by Gasteiger charge is 2.51. The average molecular weight is 289 g/mol. The van der Waals surface area contributed by atoms with Gasteiger partial charge in [0, 0.05) is 5.54 Å². The molecule has 1 aromatic rings. The molecule has 4 aliphatic rings. The molecular weight excluding hydrogens is 266 g/mol. The molecule has 1 atom stereocenters. The number of rotatable bonds is 3. The fourth-order valence-corrected chi connectivity index (χ4v) is 5.23. The predicted molar refractivity (Wildman–Crippen MR) is 77.4 cm³/mol. The van der Waals surface area contributed by atoms with Gasteiger partial charge in [-0.25, -0.2) is 9.78 Å². The third-order valence-corrected chi connectivity index (χ3v) is 5.61. The maximum atomic E-state index is 12.3. The van der Waals surface area contributed by atoms with Crippen molar-refractivity contribution in [2.45, 2.75) is 57.0 Å². The van der Waals surface area contributed by atoms with Crippen LogP contribution in [0, 0.1) is 17.8 Å². The van der Waals surface area contributed by atoms with E-state index in [9.17, 15) is 4.79 Å². The van der Waals surface area contributed by atoms with Crippen molar-refractivity contribution in [2.75, 3.05) is 0 Å². The Hall–Kier alpha value is -1.59. The van der Waals surface area contributed by atoms with Crippen molar-refractivity contribution < 1.29 is 4.79 Å². The zero-order valence-electron chi connectivity index (χ0n) is 12.4. The van der Waals surface area contributed by atoms with E-state index >= 15 is 0 Å². The van der Waals surface area contributed by atoms with Crippen LogP contribution in [0.5, 0.6) is 0 Å². The van der Waals surface area contributed by atoms with E-state index in [0.29, 0.717) is 5.82 Å². The van der Waals surface area contributed by atoms with Gasteiger partial charge in [-0.2, -0.15) is 5.10 Å². The maximum Gasteiger partial charge on any atom is 0.315 e. The van der Waals surface area contributed by atoms with Crippen LogP contribution in [0.2, 0.25) is 0 Å². The standard InChI is InChI=1S/C15H23N5O/c1-9(13-16-8-17-20-13)18-14(21)19-15-5-10-2-11(6-15)4-12(3-10)7-15/h8-12H,2-7H2,1H3,(H,16,17,20)(H2,18,19,21). The molecule has 0 saturated heterocycles. The Balaban J connectivity index is 1.40. The van der Waals surface area contributed by atoms with E-state index < -0.39 is 0 Å². The molecule has 1 heterocycles. The maximum absolute atomic E-state index is 12.3. The monoisotopic (exact) mass is 289 g/mol. The number of nitrogens with zero attached hydrogens (tertiary/aromatic N) is 2. The average Bonchev–Trinajstić information content (AvgIpc) is 2.89. The van der Waals surface area contributed by atoms with Crippen molar-refractivity contribution in [1.82, 2.24) is 25.8 Å². The van der Waals surface area contributed by atoms with Crippen molar-refractivity contribution in [1.29, 1.82) is 0 Å². The number of H-pyrrole nitrogens is 1. The van der Waals surface area contributed by atoms with Gasteiger partial charge >= 0.3 is 6.03 Å². The fraction of sp³-hybridized carbons (Fsp3) is 0.800. The van der Waals surface area contributed by atoms with Crippen LogP contribution in [0.15, 0.2) is 6.33 Å². The Morgan fingerprint density at radius 2 is 1.90 bits per heavy atom. The van der Waals surface area contributed by atoms with Crippen LogP contribution in [0.3, 0.4) is 0 Å². The van der Waals surface area contributed by atoms with Gasteiger partial charge in [0.15, 0.2) is 0 Å². The zero-order chi connectivity index (χ0) is 14.4. The molecule has 0 spiro atoms. The number of aromatic nitrogens is 3. The van der Waals surface area contributed by atoms with E-state index in [-0.39, 0.29) is 17.6 Å². The Kier molecular flexibility index (Phi) is 2.94. The Labute approximate surface area is 124 Å². The molecule has 5 rings (SSSR count). The van der Waals surface area contributed by atoms with Gasteiger partial charge in [-0.05, 0) is 63.2 Å². The van der Waals surface area contributed by atoms with E-state index in [2.05, 4.69) is 25.8 Å². The molecule has 1 aromatic heterocycles. The first-order valence-electron chi connectivity index (χ1n) is 8.06. The van der Waals surface area contributed by atoms with E-state index in [0.717, 1.165) is 17.8 Å². The van der Waals surface area contributed by atoms with Gasteiger partial charge in [0.05, 0.1) is 6.04 Å². The van der Waals surface area contributed by atoms with Crippen LogP contribution in [0.4, 0.5) is 4.79 Å². The van der Waals surface area contributed by atoms with E-state index in [1.54, 1.807) is 0 Å². The summed E-state index contributed by atoms with van der Waals surface area (Å²) in [5, 5.41) is 12.9. The smallest absolute Gasteiger partial charge is 0.315 e. The lowest BCUT2D eigenvalue weighted by Gasteiger charge is -2.56. The highest BCUT2D eigenvalue weighted by molar-refractivity contribution is 5.75. The lowest BCUT2D eigenvalue weighted by molar-refractivity contribution is -0.0136. The second-order valence-corrected chi connectivity index (χ2v) is 7.39. The first-order valence-corrected chi connectivity index (χ1v) is 8.06. The number of carbonyl (C=O) groups excluding carboxylic acids is 1. The van der Waals surface area contributed by atoms with E-state index in [1.165, 1.54) is 44.9 Å². The summed E-state index contributed by atoms with van der Waals surface area (Å²) in [6.45, 7) is 1.92. The van der Waals surface area contributed by atoms with Crippen molar-refractivity contribution in [3.63, 3.8) is 0 Å². The van der Waals surface area contributed by atoms with Gasteiger partial charge in [-0.1, -0.05) is 0 Å². The summed E-state index contributed by atoms with van der Waals surface area (Å²) in [4.78, 5) is 16.4. The first kappa shape index (κ1) is 13.1. The molecular formula is C15H23N5O. The van der Waals surface area contributed by atoms with Gasteiger partial charge < -0.3 is 10.6 Å². The highest BCUT2D eigenvalue weighted by atomic mass is 16.2. The normalized spacial score (nSPS) is 38.2. The molecule has 4 aliphatic carbocycles. The Bertz CT molecular complexity index is 491. The van der Waals surface area contributed by atoms with Gasteiger partial charge in [-0.15, -0.1) is 0 Å². The lowest BCUT2D eigenvalue weighted by Crippen LogP contribution is -2.61. The molecule has 2 amide bonds. The number of carbonyl (C=O) groups is 1. The molecule has 21 heavy (non-hydrogen) atoms. The molecule has 6 heteroatoms. The predicted octanol–water partition coefficient (Wildman–Crippen LogP) is 2.13. The second-order valence-electron chi connectivity index (χ2n) is 7.39. The van der Waals surface area contributed by atoms with Crippen LogP contribution in [0.1, 0.15) is 57.3 Å². The van der Waals surface area contributed by atoms with Crippen molar-refractivity contribution in [3.05, 3.63) is 12.2 Å². The summed E-state index contributed by atoms with van der Waals surface area (Å²) in [6.07, 6.45) is 9.13. The molecule has 0 aliphatic heterocycles. The summed E-state index contributed by atoms with van der Waals surface area (Å²) in [6, 6.07) is -0.220. The molecule has 0 radical (unpaired) electrons. The third-order valence-electron chi connectivity index (χ3n) is 5.61. The SMILES string of the molecule is CC(NC(=O)NC12CC3CC(CC(C3)C1)C2)c1ncn[nH]1. The third kappa shape index (κ3) is 2.40.